The van der Waals surface area contributed by atoms with Crippen LogP contribution in [-0.4, -0.2) is 61.9 Å². The van der Waals surface area contributed by atoms with Crippen molar-refractivity contribution in [2.75, 3.05) is 38.3 Å². The summed E-state index contributed by atoms with van der Waals surface area (Å²) in [5.41, 5.74) is 5.41. The van der Waals surface area contributed by atoms with Gasteiger partial charge < -0.3 is 25.0 Å². The Balaban J connectivity index is 1.42. The number of unbranched alkanes of at least 4 members (excludes halogenated alkanes) is 13. The Bertz CT molecular complexity index is 1210. The van der Waals surface area contributed by atoms with Crippen LogP contribution in [0.4, 0.5) is 5.95 Å². The molecule has 16 heteroatoms. The predicted molar refractivity (Wildman–Crippen MR) is 170 cm³/mol. The Morgan fingerprint density at radius 2 is 1.39 bits per heavy atom. The molecule has 2 heterocycles. The van der Waals surface area contributed by atoms with E-state index in [2.05, 4.69) is 26.2 Å². The van der Waals surface area contributed by atoms with Crippen molar-refractivity contribution in [3.63, 3.8) is 0 Å². The topological polar surface area (TPSA) is 201 Å². The fourth-order valence-corrected chi connectivity index (χ4v) is 7.36. The van der Waals surface area contributed by atoms with Crippen molar-refractivity contribution in [2.24, 2.45) is 0 Å². The molecule has 254 valence electrons. The maximum absolute atomic E-state index is 12.2. The second kappa shape index (κ2) is 22.0. The van der Waals surface area contributed by atoms with Crippen LogP contribution in [0.3, 0.4) is 0 Å². The van der Waals surface area contributed by atoms with E-state index >= 15 is 0 Å². The molecule has 0 aromatic carbocycles. The number of H-pyrrole nitrogens is 1. The molecule has 2 aromatic heterocycles. The van der Waals surface area contributed by atoms with E-state index in [1.807, 2.05) is 0 Å². The molecule has 0 radical (unpaired) electrons. The van der Waals surface area contributed by atoms with Gasteiger partial charge in [-0.3, -0.25) is 23.4 Å². The molecular weight excluding hydrogens is 612 g/mol. The first-order chi connectivity index (χ1) is 21.1. The van der Waals surface area contributed by atoms with E-state index in [0.717, 1.165) is 12.8 Å². The lowest BCUT2D eigenvalue weighted by Gasteiger charge is -2.16. The summed E-state index contributed by atoms with van der Waals surface area (Å²) >= 11 is 0. The Morgan fingerprint density at radius 1 is 0.818 bits per heavy atom. The highest BCUT2D eigenvalue weighted by Crippen LogP contribution is 2.60. The third kappa shape index (κ3) is 17.2. The molecule has 0 saturated heterocycles. The molecule has 0 aliphatic heterocycles. The zero-order valence-electron chi connectivity index (χ0n) is 26.2. The van der Waals surface area contributed by atoms with Gasteiger partial charge >= 0.3 is 15.4 Å². The second-order valence-electron chi connectivity index (χ2n) is 11.0. The molecule has 0 amide bonds. The van der Waals surface area contributed by atoms with Gasteiger partial charge in [-0.1, -0.05) is 90.4 Å². The SMILES string of the molecule is CCCCCCCCCCCCCCCCOCCCOP(=O)(O)OP(=O)(O)CCCOCn1cnc2c(=O)[nH]c(N)nc21. The molecule has 2 rings (SSSR count). The number of nitrogens with one attached hydrogen (secondary N) is 1. The number of anilines is 1. The summed E-state index contributed by atoms with van der Waals surface area (Å²) in [6, 6.07) is 0. The number of phosphoric ester groups is 1. The molecule has 2 aromatic rings. The fraction of sp³-hybridized carbons (Fsp3) is 0.821. The van der Waals surface area contributed by atoms with E-state index in [0.29, 0.717) is 19.6 Å². The van der Waals surface area contributed by atoms with Crippen LogP contribution in [0.1, 0.15) is 110 Å². The van der Waals surface area contributed by atoms with Crippen molar-refractivity contribution < 1.29 is 37.2 Å². The number of hydrogen-bond acceptors (Lipinski definition) is 10. The minimum Gasteiger partial charge on any atom is -0.381 e. The number of rotatable bonds is 28. The number of nitrogens with zero attached hydrogens (tertiary/aromatic N) is 3. The fourth-order valence-electron chi connectivity index (χ4n) is 4.66. The van der Waals surface area contributed by atoms with Gasteiger partial charge in [0, 0.05) is 19.8 Å². The molecule has 0 aliphatic carbocycles. The lowest BCUT2D eigenvalue weighted by molar-refractivity contribution is 0.0792. The van der Waals surface area contributed by atoms with E-state index in [1.165, 1.54) is 87.9 Å². The average Bonchev–Trinajstić information content (AvgIpc) is 3.36. The third-order valence-electron chi connectivity index (χ3n) is 7.01. The summed E-state index contributed by atoms with van der Waals surface area (Å²) in [6.45, 7) is 3.08. The molecule has 2 unspecified atom stereocenters. The largest absolute Gasteiger partial charge is 0.479 e. The number of hydrogen-bond donors (Lipinski definition) is 4. The molecule has 44 heavy (non-hydrogen) atoms. The molecule has 0 spiro atoms. The van der Waals surface area contributed by atoms with Crippen molar-refractivity contribution in [2.45, 2.75) is 116 Å². The first-order valence-electron chi connectivity index (χ1n) is 16.0. The standard InChI is InChI=1S/C28H53N5O9P2/c1-2-3-4-5-6-7-8-9-10-11-12-13-14-15-18-39-19-16-21-41-44(37,38)42-43(35,36)22-17-20-40-24-33-23-30-25-26(33)31-28(29)32-27(25)34/h23H,2-22,24H2,1H3,(H,35,36)(H,37,38)(H3,29,31,32,34). The van der Waals surface area contributed by atoms with Crippen molar-refractivity contribution in [1.29, 1.82) is 0 Å². The number of aromatic amines is 1. The van der Waals surface area contributed by atoms with Gasteiger partial charge in [-0.25, -0.2) is 13.9 Å². The van der Waals surface area contributed by atoms with Gasteiger partial charge in [0.05, 0.1) is 19.1 Å². The van der Waals surface area contributed by atoms with Gasteiger partial charge in [0.2, 0.25) is 5.95 Å². The van der Waals surface area contributed by atoms with E-state index in [4.69, 9.17) is 19.7 Å². The monoisotopic (exact) mass is 665 g/mol. The second-order valence-corrected chi connectivity index (χ2v) is 14.6. The minimum absolute atomic E-state index is 0.0273. The number of fused-ring (bicyclic) bond motifs is 1. The lowest BCUT2D eigenvalue weighted by atomic mass is 10.0. The minimum atomic E-state index is -4.71. The van der Waals surface area contributed by atoms with E-state index in [9.17, 15) is 23.7 Å². The molecule has 2 atom stereocenters. The number of ether oxygens (including phenoxy) is 2. The van der Waals surface area contributed by atoms with Crippen LogP contribution >= 0.6 is 15.4 Å². The molecule has 5 N–H and O–H groups in total. The number of imidazole rings is 1. The Labute approximate surface area is 260 Å². The molecule has 14 nitrogen and oxygen atoms in total. The van der Waals surface area contributed by atoms with Crippen LogP contribution in [0.5, 0.6) is 0 Å². The van der Waals surface area contributed by atoms with Crippen molar-refractivity contribution in [1.82, 2.24) is 19.5 Å². The van der Waals surface area contributed by atoms with Crippen LogP contribution in [-0.2, 0) is 34.2 Å². The van der Waals surface area contributed by atoms with Crippen LogP contribution < -0.4 is 11.3 Å². The normalized spacial score (nSPS) is 14.6. The average molecular weight is 666 g/mol. The summed E-state index contributed by atoms with van der Waals surface area (Å²) in [4.78, 5) is 41.9. The number of aromatic nitrogens is 4. The summed E-state index contributed by atoms with van der Waals surface area (Å²) < 4.78 is 46.1. The summed E-state index contributed by atoms with van der Waals surface area (Å²) in [5.74, 6) is -0.0639. The van der Waals surface area contributed by atoms with Gasteiger partial charge in [0.15, 0.2) is 11.2 Å². The molecule has 0 bridgehead atoms. The molecule has 0 saturated carbocycles. The van der Waals surface area contributed by atoms with E-state index in [1.54, 1.807) is 0 Å². The van der Waals surface area contributed by atoms with Crippen molar-refractivity contribution in [3.8, 4) is 0 Å². The van der Waals surface area contributed by atoms with Crippen LogP contribution in [0.15, 0.2) is 11.1 Å². The van der Waals surface area contributed by atoms with Gasteiger partial charge in [-0.05, 0) is 19.3 Å². The quantitative estimate of drug-likeness (QED) is 0.0587. The van der Waals surface area contributed by atoms with Gasteiger partial charge in [-0.2, -0.15) is 4.98 Å². The highest BCUT2D eigenvalue weighted by Gasteiger charge is 2.33. The molecular formula is C28H53N5O9P2. The van der Waals surface area contributed by atoms with Gasteiger partial charge in [0.1, 0.15) is 6.73 Å². The summed E-state index contributed by atoms with van der Waals surface area (Å²) in [6.07, 6.45) is 19.5. The highest BCUT2D eigenvalue weighted by atomic mass is 31.3. The number of nitrogens with two attached hydrogens (primary N) is 1. The van der Waals surface area contributed by atoms with Crippen molar-refractivity contribution >= 4 is 32.5 Å². The van der Waals surface area contributed by atoms with E-state index in [-0.39, 0.29) is 43.5 Å². The maximum atomic E-state index is 12.2. The first kappa shape index (κ1) is 38.6. The zero-order chi connectivity index (χ0) is 32.1. The molecule has 0 aliphatic rings. The smallest absolute Gasteiger partial charge is 0.381 e. The molecule has 0 fully saturated rings. The van der Waals surface area contributed by atoms with Crippen LogP contribution in [0.2, 0.25) is 0 Å². The Kier molecular flexibility index (Phi) is 19.3. The van der Waals surface area contributed by atoms with Crippen LogP contribution in [0, 0.1) is 0 Å². The van der Waals surface area contributed by atoms with E-state index < -0.39 is 27.1 Å². The number of nitrogen functional groups attached to an aromatic ring is 1. The predicted octanol–water partition coefficient (Wildman–Crippen LogP) is 6.27. The maximum Gasteiger partial charge on any atom is 0.479 e. The lowest BCUT2D eigenvalue weighted by Crippen LogP contribution is -2.13. The Hall–Kier alpha value is -1.63. The summed E-state index contributed by atoms with van der Waals surface area (Å²) in [7, 11) is -9.12. The zero-order valence-corrected chi connectivity index (χ0v) is 28.0. The third-order valence-corrected chi connectivity index (χ3v) is 10.2. The first-order valence-corrected chi connectivity index (χ1v) is 19.3. The van der Waals surface area contributed by atoms with Gasteiger partial charge in [-0.15, -0.1) is 0 Å². The van der Waals surface area contributed by atoms with Crippen molar-refractivity contribution in [3.05, 3.63) is 16.7 Å². The summed E-state index contributed by atoms with van der Waals surface area (Å²) in [5, 5.41) is 0. The van der Waals surface area contributed by atoms with Gasteiger partial charge in [0.25, 0.3) is 5.56 Å². The van der Waals surface area contributed by atoms with Crippen LogP contribution in [0.25, 0.3) is 11.2 Å². The Morgan fingerprint density at radius 3 is 2.02 bits per heavy atom. The highest BCUT2D eigenvalue weighted by molar-refractivity contribution is 7.64. The number of phosphoric acid groups is 1.